The van der Waals surface area contributed by atoms with Crippen LogP contribution in [0.3, 0.4) is 0 Å². The standard InChI is InChI=1S/C16H21N5O3S.CH2O2/c1-10-19-20-14(24-10)9-17-15(22)11-2-3-13-12(8-11)18-16(25-13)21-4-6-23-7-5-21;2-1-3/h11H,2-9H2,1H3,(H,17,22);1H,(H,2,3). The van der Waals surface area contributed by atoms with Gasteiger partial charge in [0.1, 0.15) is 0 Å². The number of hydrogen-bond acceptors (Lipinski definition) is 9. The maximum atomic E-state index is 12.4. The number of hydrogen-bond donors (Lipinski definition) is 2. The van der Waals surface area contributed by atoms with Gasteiger partial charge in [-0.2, -0.15) is 0 Å². The van der Waals surface area contributed by atoms with Crippen LogP contribution < -0.4 is 10.2 Å². The first-order chi connectivity index (χ1) is 13.6. The average molecular weight is 409 g/mol. The van der Waals surface area contributed by atoms with Gasteiger partial charge in [-0.1, -0.05) is 0 Å². The van der Waals surface area contributed by atoms with Gasteiger partial charge in [-0.25, -0.2) is 4.98 Å². The van der Waals surface area contributed by atoms with Crippen LogP contribution in [-0.2, 0) is 33.7 Å². The third-order valence-corrected chi connectivity index (χ3v) is 5.78. The predicted molar refractivity (Wildman–Crippen MR) is 100 cm³/mol. The number of aryl methyl sites for hydroxylation is 2. The topological polar surface area (TPSA) is 131 Å². The summed E-state index contributed by atoms with van der Waals surface area (Å²) in [6.45, 7) is 5.04. The molecule has 1 aliphatic carbocycles. The molecule has 1 saturated heterocycles. The quantitative estimate of drug-likeness (QED) is 0.704. The molecular formula is C17H23N5O5S. The van der Waals surface area contributed by atoms with Crippen LogP contribution in [0.5, 0.6) is 0 Å². The number of carboxylic acid groups (broad SMARTS) is 1. The summed E-state index contributed by atoms with van der Waals surface area (Å²) >= 11 is 1.76. The maximum Gasteiger partial charge on any atom is 0.290 e. The monoisotopic (exact) mass is 409 g/mol. The lowest BCUT2D eigenvalue weighted by molar-refractivity contribution is -0.125. The van der Waals surface area contributed by atoms with E-state index in [1.54, 1.807) is 18.3 Å². The highest BCUT2D eigenvalue weighted by atomic mass is 32.1. The van der Waals surface area contributed by atoms with E-state index < -0.39 is 0 Å². The molecule has 2 aliphatic rings. The summed E-state index contributed by atoms with van der Waals surface area (Å²) in [5.41, 5.74) is 1.08. The van der Waals surface area contributed by atoms with E-state index in [2.05, 4.69) is 20.4 Å². The van der Waals surface area contributed by atoms with Crippen molar-refractivity contribution in [3.63, 3.8) is 0 Å². The molecule has 0 saturated carbocycles. The number of nitrogens with zero attached hydrogens (tertiary/aromatic N) is 4. The van der Waals surface area contributed by atoms with Crippen LogP contribution in [0.25, 0.3) is 0 Å². The van der Waals surface area contributed by atoms with Crippen molar-refractivity contribution in [2.75, 3.05) is 31.2 Å². The number of rotatable bonds is 4. The summed E-state index contributed by atoms with van der Waals surface area (Å²) in [6, 6.07) is 0. The highest BCUT2D eigenvalue weighted by Gasteiger charge is 2.29. The summed E-state index contributed by atoms with van der Waals surface area (Å²) < 4.78 is 10.7. The average Bonchev–Trinajstić information content (AvgIpc) is 3.32. The van der Waals surface area contributed by atoms with Gasteiger partial charge >= 0.3 is 0 Å². The van der Waals surface area contributed by atoms with Crippen LogP contribution in [0.2, 0.25) is 0 Å². The zero-order valence-corrected chi connectivity index (χ0v) is 16.4. The highest BCUT2D eigenvalue weighted by Crippen LogP contribution is 2.34. The first-order valence-electron chi connectivity index (χ1n) is 9.06. The molecule has 0 bridgehead atoms. The van der Waals surface area contributed by atoms with Crippen LogP contribution in [-0.4, -0.2) is 59.0 Å². The van der Waals surface area contributed by atoms with Crippen molar-refractivity contribution in [2.45, 2.75) is 32.7 Å². The van der Waals surface area contributed by atoms with Crippen LogP contribution in [0.4, 0.5) is 5.13 Å². The second-order valence-corrected chi connectivity index (χ2v) is 7.51. The van der Waals surface area contributed by atoms with Crippen LogP contribution in [0.1, 0.15) is 28.8 Å². The van der Waals surface area contributed by atoms with Crippen molar-refractivity contribution in [2.24, 2.45) is 5.92 Å². The molecule has 1 aliphatic heterocycles. The fourth-order valence-corrected chi connectivity index (χ4v) is 4.35. The molecule has 1 atom stereocenters. The largest absolute Gasteiger partial charge is 0.483 e. The number of anilines is 1. The lowest BCUT2D eigenvalue weighted by atomic mass is 9.90. The molecule has 2 N–H and O–H groups in total. The van der Waals surface area contributed by atoms with Crippen molar-refractivity contribution >= 4 is 28.8 Å². The first-order valence-corrected chi connectivity index (χ1v) is 9.88. The second-order valence-electron chi connectivity index (χ2n) is 6.44. The fraction of sp³-hybridized carbons (Fsp3) is 0.588. The minimum atomic E-state index is -0.250. The minimum absolute atomic E-state index is 0.0300. The Labute approximate surface area is 165 Å². The van der Waals surface area contributed by atoms with E-state index in [-0.39, 0.29) is 24.8 Å². The summed E-state index contributed by atoms with van der Waals surface area (Å²) in [6.07, 6.45) is 2.46. The second kappa shape index (κ2) is 9.60. The normalized spacial score (nSPS) is 18.6. The van der Waals surface area contributed by atoms with Crippen LogP contribution in [0.15, 0.2) is 4.42 Å². The van der Waals surface area contributed by atoms with Gasteiger partial charge in [0.15, 0.2) is 5.13 Å². The molecule has 2 aromatic heterocycles. The van der Waals surface area contributed by atoms with Gasteiger partial charge in [0.2, 0.25) is 17.7 Å². The summed E-state index contributed by atoms with van der Waals surface area (Å²) in [5.74, 6) is 0.925. The van der Waals surface area contributed by atoms with Crippen molar-refractivity contribution < 1.29 is 23.8 Å². The molecule has 1 fully saturated rings. The molecule has 1 amide bonds. The van der Waals surface area contributed by atoms with Gasteiger partial charge in [-0.15, -0.1) is 21.5 Å². The maximum absolute atomic E-state index is 12.4. The van der Waals surface area contributed by atoms with Crippen LogP contribution in [0, 0.1) is 12.8 Å². The van der Waals surface area contributed by atoms with E-state index in [0.29, 0.717) is 18.2 Å². The van der Waals surface area contributed by atoms with Crippen molar-refractivity contribution in [1.82, 2.24) is 20.5 Å². The van der Waals surface area contributed by atoms with Gasteiger partial charge < -0.3 is 24.5 Å². The van der Waals surface area contributed by atoms with Gasteiger partial charge in [0.25, 0.3) is 6.47 Å². The Bertz CT molecular complexity index is 802. The number of nitrogens with one attached hydrogen (secondary N) is 1. The van der Waals surface area contributed by atoms with E-state index >= 15 is 0 Å². The molecule has 2 aromatic rings. The number of morpholine rings is 1. The van der Waals surface area contributed by atoms with Gasteiger partial charge in [-0.05, 0) is 12.8 Å². The van der Waals surface area contributed by atoms with E-state index in [1.165, 1.54) is 4.88 Å². The molecule has 4 rings (SSSR count). The summed E-state index contributed by atoms with van der Waals surface area (Å²) in [5, 5.41) is 18.5. The Hall–Kier alpha value is -2.53. The third kappa shape index (κ3) is 5.04. The zero-order chi connectivity index (χ0) is 19.9. The van der Waals surface area contributed by atoms with E-state index in [0.717, 1.165) is 50.0 Å². The number of aromatic nitrogens is 3. The zero-order valence-electron chi connectivity index (χ0n) is 15.6. The minimum Gasteiger partial charge on any atom is -0.483 e. The molecule has 0 spiro atoms. The van der Waals surface area contributed by atoms with Gasteiger partial charge in [0, 0.05) is 37.2 Å². The van der Waals surface area contributed by atoms with Crippen LogP contribution >= 0.6 is 11.3 Å². The molecule has 11 heteroatoms. The molecule has 1 unspecified atom stereocenters. The van der Waals surface area contributed by atoms with Gasteiger partial charge in [-0.3, -0.25) is 9.59 Å². The van der Waals surface area contributed by atoms with Crippen molar-refractivity contribution in [3.05, 3.63) is 22.4 Å². The highest BCUT2D eigenvalue weighted by molar-refractivity contribution is 7.15. The van der Waals surface area contributed by atoms with E-state index in [4.69, 9.17) is 24.0 Å². The number of amides is 1. The van der Waals surface area contributed by atoms with Gasteiger partial charge in [0.05, 0.1) is 25.5 Å². The summed E-state index contributed by atoms with van der Waals surface area (Å²) in [7, 11) is 0. The molecule has 3 heterocycles. The predicted octanol–water partition coefficient (Wildman–Crippen LogP) is 0.793. The van der Waals surface area contributed by atoms with Crippen molar-refractivity contribution in [3.8, 4) is 0 Å². The Morgan fingerprint density at radius 1 is 1.39 bits per heavy atom. The molecule has 152 valence electrons. The number of thiazole rings is 1. The molecule has 0 radical (unpaired) electrons. The number of carbonyl (C=O) groups is 2. The Morgan fingerprint density at radius 3 is 2.82 bits per heavy atom. The number of carbonyl (C=O) groups excluding carboxylic acids is 1. The fourth-order valence-electron chi connectivity index (χ4n) is 3.20. The molecule has 0 aromatic carbocycles. The van der Waals surface area contributed by atoms with E-state index in [1.807, 2.05) is 0 Å². The summed E-state index contributed by atoms with van der Waals surface area (Å²) in [4.78, 5) is 29.2. The first kappa shape index (κ1) is 20.2. The molecule has 10 nitrogen and oxygen atoms in total. The number of fused-ring (bicyclic) bond motifs is 1. The van der Waals surface area contributed by atoms with Crippen molar-refractivity contribution in [1.29, 1.82) is 0 Å². The number of ether oxygens (including phenoxy) is 1. The Morgan fingerprint density at radius 2 is 2.14 bits per heavy atom. The Kier molecular flexibility index (Phi) is 6.93. The Balaban J connectivity index is 0.000000706. The van der Waals surface area contributed by atoms with E-state index in [9.17, 15) is 4.79 Å². The smallest absolute Gasteiger partial charge is 0.290 e. The lowest BCUT2D eigenvalue weighted by Gasteiger charge is -2.26. The lowest BCUT2D eigenvalue weighted by Crippen LogP contribution is -2.36. The molecular weight excluding hydrogens is 386 g/mol. The SMILES string of the molecule is Cc1nnc(CNC(=O)C2CCc3sc(N4CCOCC4)nc3C2)o1.O=CO. The third-order valence-electron chi connectivity index (χ3n) is 4.56. The molecule has 28 heavy (non-hydrogen) atoms.